The summed E-state index contributed by atoms with van der Waals surface area (Å²) in [6.07, 6.45) is 8.89. The molecular weight excluding hydrogens is 150 g/mol. The maximum atomic E-state index is 11.4. The third kappa shape index (κ3) is 1.06. The number of likely N-dealkylation sites (tertiary alicyclic amines) is 1. The van der Waals surface area contributed by atoms with Crippen molar-refractivity contribution in [1.29, 1.82) is 0 Å². The number of hydrogen-bond donors (Lipinski definition) is 0. The van der Waals surface area contributed by atoms with Gasteiger partial charge in [-0.1, -0.05) is 12.2 Å². The quantitative estimate of drug-likeness (QED) is 0.394. The number of β-lactam (4-membered cyclic amide) rings is 1. The first kappa shape index (κ1) is 7.84. The number of allylic oxidation sites excluding steroid dienone is 2. The second-order valence-corrected chi connectivity index (χ2v) is 3.75. The molecule has 0 N–H and O–H groups in total. The van der Waals surface area contributed by atoms with Crippen LogP contribution >= 0.6 is 0 Å². The molecule has 0 aromatic heterocycles. The maximum Gasteiger partial charge on any atom is 0.227 e. The van der Waals surface area contributed by atoms with Gasteiger partial charge in [-0.15, -0.1) is 0 Å². The number of fused-ring (bicyclic) bond motifs is 1. The Morgan fingerprint density at radius 3 is 2.75 bits per heavy atom. The summed E-state index contributed by atoms with van der Waals surface area (Å²) >= 11 is 0. The Hall–Kier alpha value is -0.790. The Bertz CT molecular complexity index is 222. The van der Waals surface area contributed by atoms with Crippen molar-refractivity contribution in [2.45, 2.75) is 31.7 Å². The van der Waals surface area contributed by atoms with Crippen LogP contribution < -0.4 is 0 Å². The number of amides is 1. The Kier molecular flexibility index (Phi) is 1.91. The molecule has 0 spiro atoms. The first-order chi connectivity index (χ1) is 5.80. The fourth-order valence-electron chi connectivity index (χ4n) is 2.27. The average Bonchev–Trinajstić information content (AvgIpc) is 2.04. The Morgan fingerprint density at radius 2 is 2.00 bits per heavy atom. The normalized spacial score (nSPS) is 37.8. The topological polar surface area (TPSA) is 20.3 Å². The number of nitrogens with zero attached hydrogens (tertiary/aromatic N) is 1. The van der Waals surface area contributed by atoms with Gasteiger partial charge in [-0.25, -0.2) is 0 Å². The molecule has 1 fully saturated rings. The fourth-order valence-corrected chi connectivity index (χ4v) is 2.27. The molecule has 1 aliphatic heterocycles. The SMILES string of the molecule is CN1C(=O)C2CC/C=C\CCC21. The van der Waals surface area contributed by atoms with Gasteiger partial charge in [0.2, 0.25) is 5.91 Å². The monoisotopic (exact) mass is 165 g/mol. The van der Waals surface area contributed by atoms with Gasteiger partial charge >= 0.3 is 0 Å². The second-order valence-electron chi connectivity index (χ2n) is 3.75. The summed E-state index contributed by atoms with van der Waals surface area (Å²) in [6.45, 7) is 0. The fraction of sp³-hybridized carbons (Fsp3) is 0.700. The summed E-state index contributed by atoms with van der Waals surface area (Å²) in [7, 11) is 1.93. The van der Waals surface area contributed by atoms with Crippen molar-refractivity contribution >= 4 is 5.91 Å². The van der Waals surface area contributed by atoms with Gasteiger partial charge in [-0.05, 0) is 25.7 Å². The van der Waals surface area contributed by atoms with Crippen LogP contribution in [-0.4, -0.2) is 23.9 Å². The molecule has 1 amide bonds. The lowest BCUT2D eigenvalue weighted by Gasteiger charge is -2.45. The van der Waals surface area contributed by atoms with Crippen LogP contribution in [0.5, 0.6) is 0 Å². The number of rotatable bonds is 0. The molecule has 2 atom stereocenters. The Labute approximate surface area is 73.2 Å². The van der Waals surface area contributed by atoms with E-state index in [0.29, 0.717) is 17.9 Å². The third-order valence-electron chi connectivity index (χ3n) is 3.07. The van der Waals surface area contributed by atoms with E-state index in [1.165, 1.54) is 0 Å². The van der Waals surface area contributed by atoms with Crippen molar-refractivity contribution in [3.05, 3.63) is 12.2 Å². The van der Waals surface area contributed by atoms with Crippen LogP contribution in [-0.2, 0) is 4.79 Å². The van der Waals surface area contributed by atoms with Gasteiger partial charge in [0.1, 0.15) is 0 Å². The highest BCUT2D eigenvalue weighted by Crippen LogP contribution is 2.33. The lowest BCUT2D eigenvalue weighted by molar-refractivity contribution is -0.154. The number of hydrogen-bond acceptors (Lipinski definition) is 1. The first-order valence-corrected chi connectivity index (χ1v) is 4.72. The van der Waals surface area contributed by atoms with Gasteiger partial charge in [-0.3, -0.25) is 4.79 Å². The van der Waals surface area contributed by atoms with Gasteiger partial charge in [0.15, 0.2) is 0 Å². The van der Waals surface area contributed by atoms with E-state index in [9.17, 15) is 4.79 Å². The molecule has 1 heterocycles. The predicted octanol–water partition coefficient (Wildman–Crippen LogP) is 1.57. The zero-order valence-corrected chi connectivity index (χ0v) is 7.49. The van der Waals surface area contributed by atoms with Crippen molar-refractivity contribution in [3.63, 3.8) is 0 Å². The van der Waals surface area contributed by atoms with Crippen LogP contribution in [0.2, 0.25) is 0 Å². The highest BCUT2D eigenvalue weighted by Gasteiger charge is 2.43. The first-order valence-electron chi connectivity index (χ1n) is 4.72. The van der Waals surface area contributed by atoms with Gasteiger partial charge in [-0.2, -0.15) is 0 Å². The van der Waals surface area contributed by atoms with Gasteiger partial charge in [0.05, 0.1) is 5.92 Å². The molecule has 1 aliphatic carbocycles. The summed E-state index contributed by atoms with van der Waals surface area (Å²) in [5, 5.41) is 0. The van der Waals surface area contributed by atoms with Crippen molar-refractivity contribution in [2.24, 2.45) is 5.92 Å². The minimum absolute atomic E-state index is 0.347. The van der Waals surface area contributed by atoms with E-state index in [0.717, 1.165) is 25.7 Å². The zero-order chi connectivity index (χ0) is 8.55. The Morgan fingerprint density at radius 1 is 1.33 bits per heavy atom. The zero-order valence-electron chi connectivity index (χ0n) is 7.49. The van der Waals surface area contributed by atoms with Crippen LogP contribution in [0.4, 0.5) is 0 Å². The molecule has 0 bridgehead atoms. The molecule has 0 saturated carbocycles. The van der Waals surface area contributed by atoms with Crippen molar-refractivity contribution in [3.8, 4) is 0 Å². The van der Waals surface area contributed by atoms with Crippen molar-refractivity contribution in [2.75, 3.05) is 7.05 Å². The van der Waals surface area contributed by atoms with E-state index in [1.54, 1.807) is 0 Å². The molecule has 2 rings (SSSR count). The summed E-state index contributed by atoms with van der Waals surface area (Å²) in [6, 6.07) is 0.544. The third-order valence-corrected chi connectivity index (χ3v) is 3.07. The lowest BCUT2D eigenvalue weighted by Crippen LogP contribution is -2.58. The van der Waals surface area contributed by atoms with Crippen LogP contribution in [0.3, 0.4) is 0 Å². The van der Waals surface area contributed by atoms with Crippen molar-refractivity contribution < 1.29 is 4.79 Å². The van der Waals surface area contributed by atoms with Gasteiger partial charge in [0.25, 0.3) is 0 Å². The largest absolute Gasteiger partial charge is 0.342 e. The minimum Gasteiger partial charge on any atom is -0.342 e. The summed E-state index contributed by atoms with van der Waals surface area (Å²) in [5.41, 5.74) is 0. The van der Waals surface area contributed by atoms with Gasteiger partial charge in [0, 0.05) is 13.1 Å². The molecule has 12 heavy (non-hydrogen) atoms. The van der Waals surface area contributed by atoms with Crippen LogP contribution in [0.25, 0.3) is 0 Å². The molecule has 0 radical (unpaired) electrons. The molecule has 66 valence electrons. The van der Waals surface area contributed by atoms with Crippen LogP contribution in [0.15, 0.2) is 12.2 Å². The maximum absolute atomic E-state index is 11.4. The van der Waals surface area contributed by atoms with Crippen molar-refractivity contribution in [1.82, 2.24) is 4.90 Å². The summed E-state index contributed by atoms with van der Waals surface area (Å²) in [4.78, 5) is 13.3. The Balaban J connectivity index is 2.05. The van der Waals surface area contributed by atoms with E-state index in [1.807, 2.05) is 11.9 Å². The molecule has 1 saturated heterocycles. The van der Waals surface area contributed by atoms with E-state index in [4.69, 9.17) is 0 Å². The smallest absolute Gasteiger partial charge is 0.227 e. The second kappa shape index (κ2) is 2.92. The minimum atomic E-state index is 0.347. The van der Waals surface area contributed by atoms with Crippen LogP contribution in [0, 0.1) is 5.92 Å². The van der Waals surface area contributed by atoms with Crippen LogP contribution in [0.1, 0.15) is 25.7 Å². The van der Waals surface area contributed by atoms with E-state index < -0.39 is 0 Å². The molecular formula is C10H15NO. The molecule has 2 nitrogen and oxygen atoms in total. The number of carbonyl (C=O) groups is 1. The average molecular weight is 165 g/mol. The highest BCUT2D eigenvalue weighted by molar-refractivity contribution is 5.85. The molecule has 0 aromatic carbocycles. The molecule has 2 aliphatic rings. The summed E-state index contributed by atoms with van der Waals surface area (Å²) in [5.74, 6) is 0.704. The lowest BCUT2D eigenvalue weighted by atomic mass is 9.80. The highest BCUT2D eigenvalue weighted by atomic mass is 16.2. The molecule has 2 unspecified atom stereocenters. The molecule has 0 aromatic rings. The van der Waals surface area contributed by atoms with E-state index in [-0.39, 0.29) is 0 Å². The van der Waals surface area contributed by atoms with E-state index in [2.05, 4.69) is 12.2 Å². The van der Waals surface area contributed by atoms with E-state index >= 15 is 0 Å². The number of carbonyl (C=O) groups excluding carboxylic acids is 1. The standard InChI is InChI=1S/C10H15NO/c1-11-9-7-5-3-2-4-6-8(9)10(11)12/h2-3,8-9H,4-7H2,1H3/b3-2-. The predicted molar refractivity (Wildman–Crippen MR) is 47.7 cm³/mol. The summed E-state index contributed by atoms with van der Waals surface area (Å²) < 4.78 is 0. The van der Waals surface area contributed by atoms with Gasteiger partial charge < -0.3 is 4.90 Å². The molecule has 2 heteroatoms.